The van der Waals surface area contributed by atoms with Gasteiger partial charge in [-0.3, -0.25) is 9.59 Å². The molecule has 0 heterocycles. The van der Waals surface area contributed by atoms with Crippen LogP contribution in [-0.4, -0.2) is 25.2 Å². The molecule has 0 atom stereocenters. The third-order valence-electron chi connectivity index (χ3n) is 4.11. The first-order valence-electron chi connectivity index (χ1n) is 9.06. The third-order valence-corrected chi connectivity index (χ3v) is 4.36. The molecule has 3 aromatic rings. The summed E-state index contributed by atoms with van der Waals surface area (Å²) in [5, 5.41) is 4.56. The molecule has 6 nitrogen and oxygen atoms in total. The quantitative estimate of drug-likeness (QED) is 0.267. The molecule has 1 amide bonds. The molecular weight excluding hydrogens is 404 g/mol. The van der Waals surface area contributed by atoms with E-state index in [0.717, 1.165) is 11.1 Å². The van der Waals surface area contributed by atoms with Crippen molar-refractivity contribution in [3.05, 3.63) is 94.5 Å². The summed E-state index contributed by atoms with van der Waals surface area (Å²) < 4.78 is 10.4. The molecule has 0 aliphatic carbocycles. The smallest absolute Gasteiger partial charge is 0.315 e. The van der Waals surface area contributed by atoms with Crippen molar-refractivity contribution < 1.29 is 19.1 Å². The van der Waals surface area contributed by atoms with Gasteiger partial charge < -0.3 is 9.47 Å². The van der Waals surface area contributed by atoms with Crippen molar-refractivity contribution in [3.8, 4) is 11.5 Å². The fourth-order valence-electron chi connectivity index (χ4n) is 2.53. The number of methoxy groups -OCH3 is 1. The van der Waals surface area contributed by atoms with Crippen LogP contribution in [0.1, 0.15) is 21.5 Å². The molecule has 0 radical (unpaired) electrons. The highest BCUT2D eigenvalue weighted by Gasteiger charge is 2.07. The molecule has 3 aromatic carbocycles. The third kappa shape index (κ3) is 6.18. The Balaban J connectivity index is 1.50. The van der Waals surface area contributed by atoms with Crippen molar-refractivity contribution in [2.24, 2.45) is 5.10 Å². The Morgan fingerprint density at radius 3 is 2.20 bits per heavy atom. The van der Waals surface area contributed by atoms with Gasteiger partial charge in [0.15, 0.2) is 0 Å². The minimum atomic E-state index is -0.370. The summed E-state index contributed by atoms with van der Waals surface area (Å²) >= 11 is 5.83. The van der Waals surface area contributed by atoms with E-state index in [2.05, 4.69) is 10.5 Å². The lowest BCUT2D eigenvalue weighted by Gasteiger charge is -2.05. The van der Waals surface area contributed by atoms with Crippen LogP contribution in [0.2, 0.25) is 5.02 Å². The zero-order chi connectivity index (χ0) is 21.3. The highest BCUT2D eigenvalue weighted by atomic mass is 35.5. The Bertz CT molecular complexity index is 1030. The largest absolute Gasteiger partial charge is 0.497 e. The van der Waals surface area contributed by atoms with E-state index in [4.69, 9.17) is 21.1 Å². The average Bonchev–Trinajstić information content (AvgIpc) is 2.76. The SMILES string of the molecule is COc1ccc(C(=O)N/N=C\c2ccc(OC(=O)Cc3ccc(Cl)cc3)cc2)cc1. The zero-order valence-corrected chi connectivity index (χ0v) is 16.9. The molecule has 0 aliphatic heterocycles. The van der Waals surface area contributed by atoms with Crippen LogP contribution in [0.3, 0.4) is 0 Å². The van der Waals surface area contributed by atoms with Gasteiger partial charge in [-0.15, -0.1) is 0 Å². The Morgan fingerprint density at radius 1 is 0.933 bits per heavy atom. The van der Waals surface area contributed by atoms with E-state index in [1.807, 2.05) is 0 Å². The Kier molecular flexibility index (Phi) is 7.19. The van der Waals surface area contributed by atoms with Crippen LogP contribution in [0.25, 0.3) is 0 Å². The van der Waals surface area contributed by atoms with Crippen LogP contribution in [-0.2, 0) is 11.2 Å². The molecule has 0 bridgehead atoms. The highest BCUT2D eigenvalue weighted by Crippen LogP contribution is 2.14. The van der Waals surface area contributed by atoms with E-state index in [-0.39, 0.29) is 18.3 Å². The predicted molar refractivity (Wildman–Crippen MR) is 115 cm³/mol. The summed E-state index contributed by atoms with van der Waals surface area (Å²) in [6.07, 6.45) is 1.65. The first-order valence-corrected chi connectivity index (χ1v) is 9.44. The van der Waals surface area contributed by atoms with Crippen molar-refractivity contribution in [1.82, 2.24) is 5.43 Å². The molecule has 0 aromatic heterocycles. The Morgan fingerprint density at radius 2 is 1.57 bits per heavy atom. The molecule has 1 N–H and O–H groups in total. The standard InChI is InChI=1S/C23H19ClN2O4/c1-29-20-12-6-18(7-13-20)23(28)26-25-15-17-4-10-21(11-5-17)30-22(27)14-16-2-8-19(24)9-3-16/h2-13,15H,14H2,1H3,(H,26,28)/b25-15-. The van der Waals surface area contributed by atoms with E-state index < -0.39 is 0 Å². The topological polar surface area (TPSA) is 77.0 Å². The first kappa shape index (κ1) is 21.1. The highest BCUT2D eigenvalue weighted by molar-refractivity contribution is 6.30. The maximum Gasteiger partial charge on any atom is 0.315 e. The van der Waals surface area contributed by atoms with Gasteiger partial charge in [0, 0.05) is 10.6 Å². The monoisotopic (exact) mass is 422 g/mol. The van der Waals surface area contributed by atoms with Crippen LogP contribution in [0, 0.1) is 0 Å². The lowest BCUT2D eigenvalue weighted by molar-refractivity contribution is -0.133. The molecule has 7 heteroatoms. The lowest BCUT2D eigenvalue weighted by atomic mass is 10.1. The molecule has 0 unspecified atom stereocenters. The van der Waals surface area contributed by atoms with Crippen molar-refractivity contribution in [1.29, 1.82) is 0 Å². The van der Waals surface area contributed by atoms with Crippen molar-refractivity contribution in [2.45, 2.75) is 6.42 Å². The molecular formula is C23H19ClN2O4. The van der Waals surface area contributed by atoms with E-state index in [9.17, 15) is 9.59 Å². The number of nitrogens with one attached hydrogen (secondary N) is 1. The van der Waals surface area contributed by atoms with Gasteiger partial charge in [-0.25, -0.2) is 5.43 Å². The number of esters is 1. The van der Waals surface area contributed by atoms with Crippen molar-refractivity contribution in [2.75, 3.05) is 7.11 Å². The summed E-state index contributed by atoms with van der Waals surface area (Å²) in [4.78, 5) is 24.1. The van der Waals surface area contributed by atoms with E-state index in [1.165, 1.54) is 6.21 Å². The molecule has 0 aliphatic rings. The molecule has 152 valence electrons. The first-order chi connectivity index (χ1) is 14.5. The second-order valence-electron chi connectivity index (χ2n) is 6.27. The van der Waals surface area contributed by atoms with Gasteiger partial charge in [-0.05, 0) is 71.8 Å². The summed E-state index contributed by atoms with van der Waals surface area (Å²) in [6.45, 7) is 0. The lowest BCUT2D eigenvalue weighted by Crippen LogP contribution is -2.17. The Hall–Kier alpha value is -3.64. The number of amides is 1. The maximum atomic E-state index is 12.0. The molecule has 0 saturated carbocycles. The Labute approximate surface area is 179 Å². The summed E-state index contributed by atoms with van der Waals surface area (Å²) in [6, 6.07) is 20.5. The number of carbonyl (C=O) groups excluding carboxylic acids is 2. The van der Waals surface area contributed by atoms with Crippen molar-refractivity contribution in [3.63, 3.8) is 0 Å². The number of halogens is 1. The van der Waals surface area contributed by atoms with Gasteiger partial charge in [-0.1, -0.05) is 23.7 Å². The number of hydrogen-bond donors (Lipinski definition) is 1. The van der Waals surface area contributed by atoms with Crippen molar-refractivity contribution >= 4 is 29.7 Å². The number of nitrogens with zero attached hydrogens (tertiary/aromatic N) is 1. The number of benzene rings is 3. The maximum absolute atomic E-state index is 12.0. The van der Waals surface area contributed by atoms with E-state index in [0.29, 0.717) is 22.1 Å². The summed E-state index contributed by atoms with van der Waals surface area (Å²) in [7, 11) is 1.56. The van der Waals surface area contributed by atoms with Gasteiger partial charge in [0.1, 0.15) is 11.5 Å². The zero-order valence-electron chi connectivity index (χ0n) is 16.2. The molecule has 3 rings (SSSR count). The second kappa shape index (κ2) is 10.2. The molecule has 0 spiro atoms. The number of hydrogen-bond acceptors (Lipinski definition) is 5. The van der Waals surface area contributed by atoms with Crippen LogP contribution in [0.4, 0.5) is 0 Å². The molecule has 30 heavy (non-hydrogen) atoms. The average molecular weight is 423 g/mol. The van der Waals surface area contributed by atoms with Gasteiger partial charge in [0.05, 0.1) is 19.7 Å². The van der Waals surface area contributed by atoms with Gasteiger partial charge >= 0.3 is 5.97 Å². The molecule has 0 fully saturated rings. The van der Waals surface area contributed by atoms with Crippen LogP contribution in [0.15, 0.2) is 77.9 Å². The van der Waals surface area contributed by atoms with Gasteiger partial charge in [0.2, 0.25) is 0 Å². The minimum Gasteiger partial charge on any atom is -0.497 e. The van der Waals surface area contributed by atoms with Gasteiger partial charge in [-0.2, -0.15) is 5.10 Å². The molecule has 0 saturated heterocycles. The minimum absolute atomic E-state index is 0.151. The fraction of sp³-hybridized carbons (Fsp3) is 0.0870. The normalized spacial score (nSPS) is 10.6. The van der Waals surface area contributed by atoms with Crippen LogP contribution >= 0.6 is 11.6 Å². The number of carbonyl (C=O) groups is 2. The predicted octanol–water partition coefficient (Wildman–Crippen LogP) is 4.26. The van der Waals surface area contributed by atoms with E-state index >= 15 is 0 Å². The number of rotatable bonds is 7. The summed E-state index contributed by atoms with van der Waals surface area (Å²) in [5.41, 5.74) is 4.48. The number of hydrazone groups is 1. The van der Waals surface area contributed by atoms with Crippen LogP contribution in [0.5, 0.6) is 11.5 Å². The van der Waals surface area contributed by atoms with Crippen LogP contribution < -0.4 is 14.9 Å². The summed E-state index contributed by atoms with van der Waals surface area (Å²) in [5.74, 6) is 0.393. The van der Waals surface area contributed by atoms with Gasteiger partial charge in [0.25, 0.3) is 5.91 Å². The second-order valence-corrected chi connectivity index (χ2v) is 6.71. The fourth-order valence-corrected chi connectivity index (χ4v) is 2.66. The number of ether oxygens (including phenoxy) is 2. The van der Waals surface area contributed by atoms with E-state index in [1.54, 1.807) is 79.9 Å².